The van der Waals surface area contributed by atoms with Gasteiger partial charge in [0.1, 0.15) is 0 Å². The average Bonchev–Trinajstić information content (AvgIpc) is 2.65. The molecule has 0 amide bonds. The zero-order valence-electron chi connectivity index (χ0n) is 18.1. The largest absolute Gasteiger partial charge is 0.481 e. The van der Waals surface area contributed by atoms with Crippen molar-refractivity contribution < 1.29 is 78.5 Å². The monoisotopic (exact) mass is 506 g/mol. The number of hydrogen-bond acceptors (Lipinski definition) is 10. The lowest BCUT2D eigenvalue weighted by Crippen LogP contribution is -2.47. The van der Waals surface area contributed by atoms with Gasteiger partial charge < -0.3 is 40.1 Å². The molecule has 0 aromatic carbocycles. The highest BCUT2D eigenvalue weighted by atomic mass is 16.6. The quantitative estimate of drug-likeness (QED) is 0.126. The van der Waals surface area contributed by atoms with Crippen molar-refractivity contribution in [3.63, 3.8) is 0 Å². The molecule has 16 heteroatoms. The number of rotatable bonds is 14. The Labute approximate surface area is 195 Å². The number of ether oxygens (including phenoxy) is 2. The van der Waals surface area contributed by atoms with E-state index >= 15 is 0 Å². The summed E-state index contributed by atoms with van der Waals surface area (Å²) >= 11 is 0. The van der Waals surface area contributed by atoms with Crippen LogP contribution in [0, 0.1) is 0 Å². The van der Waals surface area contributed by atoms with Crippen molar-refractivity contribution in [3.05, 3.63) is 24.8 Å². The molecule has 35 heavy (non-hydrogen) atoms. The maximum absolute atomic E-state index is 11.3. The van der Waals surface area contributed by atoms with Gasteiger partial charge in [0.15, 0.2) is 0 Å². The summed E-state index contributed by atoms with van der Waals surface area (Å²) in [6.07, 6.45) is -4.02. The predicted molar refractivity (Wildman–Crippen MR) is 107 cm³/mol. The molecule has 0 saturated carbocycles. The van der Waals surface area contributed by atoms with Gasteiger partial charge in [-0.1, -0.05) is 13.2 Å². The summed E-state index contributed by atoms with van der Waals surface area (Å²) < 4.78 is 8.84. The topological polar surface area (TPSA) is 276 Å². The van der Waals surface area contributed by atoms with Crippen molar-refractivity contribution in [1.29, 1.82) is 0 Å². The van der Waals surface area contributed by atoms with E-state index in [0.717, 1.165) is 0 Å². The first-order valence-electron chi connectivity index (χ1n) is 8.92. The van der Waals surface area contributed by atoms with Crippen LogP contribution in [0.3, 0.4) is 0 Å². The lowest BCUT2D eigenvalue weighted by Gasteiger charge is -2.26. The molecule has 0 spiro atoms. The lowest BCUT2D eigenvalue weighted by molar-refractivity contribution is -0.184. The van der Waals surface area contributed by atoms with E-state index in [9.17, 15) is 38.4 Å². The first kappa shape index (κ1) is 32.4. The van der Waals surface area contributed by atoms with E-state index in [2.05, 4.69) is 22.6 Å². The molecule has 0 atom stereocenters. The number of hydrogen-bond donors (Lipinski definition) is 6. The fourth-order valence-electron chi connectivity index (χ4n) is 2.14. The van der Waals surface area contributed by atoms with Crippen LogP contribution in [0.5, 0.6) is 0 Å². The molecule has 16 nitrogen and oxygen atoms in total. The molecule has 0 aliphatic heterocycles. The van der Waals surface area contributed by atoms with Gasteiger partial charge >= 0.3 is 47.8 Å². The third-order valence-corrected chi connectivity index (χ3v) is 3.63. The molecule has 0 radical (unpaired) electrons. The molecule has 194 valence electrons. The fraction of sp³-hybridized carbons (Fsp3) is 0.368. The van der Waals surface area contributed by atoms with E-state index < -0.39 is 84.6 Å². The van der Waals surface area contributed by atoms with Crippen LogP contribution in [0.2, 0.25) is 0 Å². The number of esters is 2. The van der Waals surface area contributed by atoms with Crippen LogP contribution in [0.15, 0.2) is 24.8 Å². The molecule has 0 heterocycles. The second kappa shape index (κ2) is 13.7. The minimum atomic E-state index is -2.65. The number of carboxylic acid groups (broad SMARTS) is 6. The third kappa shape index (κ3) is 11.6. The summed E-state index contributed by atoms with van der Waals surface area (Å²) in [4.78, 5) is 86.2. The molecule has 0 aromatic rings. The second-order valence-corrected chi connectivity index (χ2v) is 6.68. The van der Waals surface area contributed by atoms with Gasteiger partial charge in [-0.3, -0.25) is 19.2 Å². The van der Waals surface area contributed by atoms with Crippen LogP contribution in [0.4, 0.5) is 0 Å². The van der Waals surface area contributed by atoms with Gasteiger partial charge in [0.2, 0.25) is 11.2 Å². The van der Waals surface area contributed by atoms with Crippen LogP contribution in [0.25, 0.3) is 0 Å². The Kier molecular flexibility index (Phi) is 12.7. The van der Waals surface area contributed by atoms with Gasteiger partial charge in [-0.15, -0.1) is 0 Å². The van der Waals surface area contributed by atoms with Gasteiger partial charge in [0.05, 0.1) is 25.7 Å². The Bertz CT molecular complexity index is 895. The number of carbonyl (C=O) groups is 8. The minimum absolute atomic E-state index is 0.170. The van der Waals surface area contributed by atoms with E-state index in [1.807, 2.05) is 0 Å². The summed E-state index contributed by atoms with van der Waals surface area (Å²) in [5.74, 6) is -12.5. The SMILES string of the molecule is C=C(C)C(=O)OC(CC(=O)O)(CC(=O)O)C(=O)O.C=CC(=O)OC(CC(=O)O)(CC(=O)O)C(=O)O. The van der Waals surface area contributed by atoms with Crippen LogP contribution in [-0.2, 0) is 47.8 Å². The zero-order valence-corrected chi connectivity index (χ0v) is 18.1. The average molecular weight is 506 g/mol. The van der Waals surface area contributed by atoms with Crippen molar-refractivity contribution in [2.45, 2.75) is 43.8 Å². The molecular weight excluding hydrogens is 484 g/mol. The fourth-order valence-corrected chi connectivity index (χ4v) is 2.14. The maximum atomic E-state index is 11.3. The van der Waals surface area contributed by atoms with E-state index in [1.54, 1.807) is 0 Å². The number of carboxylic acids is 6. The van der Waals surface area contributed by atoms with Crippen LogP contribution in [-0.4, -0.2) is 89.6 Å². The van der Waals surface area contributed by atoms with Crippen molar-refractivity contribution in [2.75, 3.05) is 0 Å². The summed E-state index contributed by atoms with van der Waals surface area (Å²) in [6.45, 7) is 7.41. The summed E-state index contributed by atoms with van der Waals surface area (Å²) in [7, 11) is 0. The van der Waals surface area contributed by atoms with Crippen LogP contribution < -0.4 is 0 Å². The maximum Gasteiger partial charge on any atom is 0.349 e. The van der Waals surface area contributed by atoms with Gasteiger partial charge in [-0.2, -0.15) is 0 Å². The van der Waals surface area contributed by atoms with Crippen molar-refractivity contribution in [2.24, 2.45) is 0 Å². The molecule has 0 unspecified atom stereocenters. The second-order valence-electron chi connectivity index (χ2n) is 6.68. The third-order valence-electron chi connectivity index (χ3n) is 3.63. The van der Waals surface area contributed by atoms with E-state index in [-0.39, 0.29) is 5.57 Å². The number of carbonyl (C=O) groups excluding carboxylic acids is 2. The Morgan fingerprint density at radius 3 is 1.14 bits per heavy atom. The molecule has 0 bridgehead atoms. The van der Waals surface area contributed by atoms with E-state index in [4.69, 9.17) is 30.6 Å². The standard InChI is InChI=1S/C10H12O8.C9H10O8/c1-5(2)8(15)18-10(9(16)17,3-6(11)12)4-7(13)14;1-2-7(14)17-9(8(15)16,3-5(10)11)4-6(12)13/h1,3-4H2,2H3,(H,11,12)(H,13,14)(H,16,17);2H,1,3-4H2,(H,10,11)(H,12,13)(H,15,16). The number of aliphatic carboxylic acids is 6. The molecule has 0 saturated heterocycles. The van der Waals surface area contributed by atoms with Crippen LogP contribution in [0.1, 0.15) is 32.6 Å². The highest BCUT2D eigenvalue weighted by molar-refractivity contribution is 5.94. The molecule has 0 aliphatic carbocycles. The molecule has 0 rings (SSSR count). The molecule has 0 aromatic heterocycles. The van der Waals surface area contributed by atoms with Crippen molar-refractivity contribution >= 4 is 47.8 Å². The molecular formula is C19H22O16. The highest BCUT2D eigenvalue weighted by Crippen LogP contribution is 2.24. The Morgan fingerprint density at radius 1 is 0.657 bits per heavy atom. The lowest BCUT2D eigenvalue weighted by atomic mass is 9.95. The summed E-state index contributed by atoms with van der Waals surface area (Å²) in [6, 6.07) is 0. The molecule has 6 N–H and O–H groups in total. The van der Waals surface area contributed by atoms with Crippen molar-refractivity contribution in [1.82, 2.24) is 0 Å². The van der Waals surface area contributed by atoms with E-state index in [1.165, 1.54) is 6.92 Å². The summed E-state index contributed by atoms with van der Waals surface area (Å²) in [5.41, 5.74) is -5.45. The Balaban J connectivity index is 0. The molecule has 0 fully saturated rings. The first-order chi connectivity index (χ1) is 15.8. The predicted octanol–water partition coefficient (Wildman–Crippen LogP) is -0.633. The Hall–Kier alpha value is -4.76. The zero-order chi connectivity index (χ0) is 28.1. The minimum Gasteiger partial charge on any atom is -0.481 e. The summed E-state index contributed by atoms with van der Waals surface area (Å²) in [5, 5.41) is 52.0. The van der Waals surface area contributed by atoms with Gasteiger partial charge in [0.25, 0.3) is 0 Å². The smallest absolute Gasteiger partial charge is 0.349 e. The van der Waals surface area contributed by atoms with Gasteiger partial charge in [-0.25, -0.2) is 19.2 Å². The van der Waals surface area contributed by atoms with Gasteiger partial charge in [0, 0.05) is 11.6 Å². The molecule has 0 aliphatic rings. The first-order valence-corrected chi connectivity index (χ1v) is 8.92. The highest BCUT2D eigenvalue weighted by Gasteiger charge is 2.48. The Morgan fingerprint density at radius 2 is 0.943 bits per heavy atom. The normalized spacial score (nSPS) is 10.4. The van der Waals surface area contributed by atoms with Crippen molar-refractivity contribution in [3.8, 4) is 0 Å². The van der Waals surface area contributed by atoms with Gasteiger partial charge in [-0.05, 0) is 6.92 Å². The van der Waals surface area contributed by atoms with Crippen LogP contribution >= 0.6 is 0 Å². The van der Waals surface area contributed by atoms with E-state index in [0.29, 0.717) is 6.08 Å².